The zero-order chi connectivity index (χ0) is 30.1. The largest absolute Gasteiger partial charge is 0.486 e. The van der Waals surface area contributed by atoms with Gasteiger partial charge in [0.05, 0.1) is 42.5 Å². The molecular weight excluding hydrogens is 558 g/mol. The molecule has 0 spiro atoms. The number of nitrogen functional groups attached to an aromatic ring is 1. The molecule has 2 N–H and O–H groups in total. The molecule has 1 fully saturated rings. The number of aromatic nitrogens is 3. The molecule has 0 radical (unpaired) electrons. The molecule has 12 heteroatoms. The quantitative estimate of drug-likeness (QED) is 0.310. The van der Waals surface area contributed by atoms with Crippen molar-refractivity contribution in [3.05, 3.63) is 81.9 Å². The van der Waals surface area contributed by atoms with E-state index in [-0.39, 0.29) is 53.9 Å². The summed E-state index contributed by atoms with van der Waals surface area (Å²) in [5.74, 6) is -1.50. The number of nitrogens with two attached hydrogens (primary N) is 1. The fraction of sp³-hybridized carbons (Fsp3) is 0.387. The van der Waals surface area contributed by atoms with Crippen LogP contribution in [-0.2, 0) is 17.8 Å². The molecule has 4 aromatic rings. The molecule has 226 valence electrons. The number of benzene rings is 1. The van der Waals surface area contributed by atoms with Crippen LogP contribution in [0.4, 0.5) is 20.3 Å². The highest BCUT2D eigenvalue weighted by molar-refractivity contribution is 5.86. The standard InChI is InChI=1S/C31H34F2N6O4/c1-41-17-23-18-43-31-28(33)25(32)11-24-29(31)39(23)15-20(30(24)40)14-38(13-19-7-8-35-27(10-19)42-2)22-4-3-9-37(16-22)21-5-6-26(34)36-12-21/h5-8,10-12,15,22-23H,3-4,9,13-14,16-18H2,1-2H3,(H2,34,36)/t22-,23?/m0/s1. The third-order valence-electron chi connectivity index (χ3n) is 8.23. The molecule has 1 saturated heterocycles. The lowest BCUT2D eigenvalue weighted by Crippen LogP contribution is -2.48. The smallest absolute Gasteiger partial charge is 0.213 e. The third-order valence-corrected chi connectivity index (χ3v) is 8.23. The Kier molecular flexibility index (Phi) is 8.13. The van der Waals surface area contributed by atoms with Crippen molar-refractivity contribution in [1.82, 2.24) is 19.4 Å². The van der Waals surface area contributed by atoms with Crippen LogP contribution in [0.5, 0.6) is 11.6 Å². The molecule has 2 atom stereocenters. The second-order valence-corrected chi connectivity index (χ2v) is 11.0. The Balaban J connectivity index is 1.41. The van der Waals surface area contributed by atoms with Crippen LogP contribution in [-0.4, -0.2) is 66.0 Å². The Bertz CT molecular complexity index is 1680. The molecule has 0 saturated carbocycles. The van der Waals surface area contributed by atoms with Gasteiger partial charge in [0.25, 0.3) is 0 Å². The molecule has 5 heterocycles. The maximum absolute atomic E-state index is 14.8. The van der Waals surface area contributed by atoms with Gasteiger partial charge in [0.1, 0.15) is 12.4 Å². The number of anilines is 2. The van der Waals surface area contributed by atoms with Crippen molar-refractivity contribution < 1.29 is 23.0 Å². The van der Waals surface area contributed by atoms with Crippen LogP contribution < -0.4 is 25.5 Å². The van der Waals surface area contributed by atoms with Crippen LogP contribution in [0, 0.1) is 11.6 Å². The second-order valence-electron chi connectivity index (χ2n) is 11.0. The summed E-state index contributed by atoms with van der Waals surface area (Å²) >= 11 is 0. The Morgan fingerprint density at radius 3 is 2.79 bits per heavy atom. The number of piperidine rings is 1. The van der Waals surface area contributed by atoms with Crippen molar-refractivity contribution in [3.8, 4) is 11.6 Å². The molecule has 1 unspecified atom stereocenters. The monoisotopic (exact) mass is 592 g/mol. The molecule has 0 amide bonds. The fourth-order valence-corrected chi connectivity index (χ4v) is 6.10. The molecular formula is C31H34F2N6O4. The number of hydrogen-bond donors (Lipinski definition) is 1. The SMILES string of the molecule is COCC1COc2c(F)c(F)cc3c(=O)c(CN(Cc4ccnc(OC)c4)[C@H]4CCCN(c5ccc(N)nc5)C4)cn1c23. The van der Waals surface area contributed by atoms with Gasteiger partial charge >= 0.3 is 0 Å². The van der Waals surface area contributed by atoms with Gasteiger partial charge in [-0.2, -0.15) is 4.39 Å². The average molecular weight is 593 g/mol. The zero-order valence-corrected chi connectivity index (χ0v) is 24.1. The lowest BCUT2D eigenvalue weighted by molar-refractivity contribution is 0.114. The van der Waals surface area contributed by atoms with Crippen molar-refractivity contribution in [2.75, 3.05) is 51.2 Å². The van der Waals surface area contributed by atoms with Crippen LogP contribution in [0.2, 0.25) is 0 Å². The molecule has 0 bridgehead atoms. The summed E-state index contributed by atoms with van der Waals surface area (Å²) in [6.07, 6.45) is 7.08. The van der Waals surface area contributed by atoms with Crippen molar-refractivity contribution in [1.29, 1.82) is 0 Å². The zero-order valence-electron chi connectivity index (χ0n) is 24.1. The first-order valence-electron chi connectivity index (χ1n) is 14.2. The summed E-state index contributed by atoms with van der Waals surface area (Å²) < 4.78 is 47.6. The van der Waals surface area contributed by atoms with Crippen LogP contribution in [0.15, 0.2) is 53.7 Å². The summed E-state index contributed by atoms with van der Waals surface area (Å²) in [5.41, 5.74) is 8.13. The van der Waals surface area contributed by atoms with Gasteiger partial charge < -0.3 is 29.4 Å². The lowest BCUT2D eigenvalue weighted by atomic mass is 10.0. The van der Waals surface area contributed by atoms with E-state index in [1.165, 1.54) is 0 Å². The van der Waals surface area contributed by atoms with E-state index in [1.54, 1.807) is 43.4 Å². The number of nitrogens with zero attached hydrogens (tertiary/aromatic N) is 5. The molecule has 1 aromatic carbocycles. The van der Waals surface area contributed by atoms with E-state index in [9.17, 15) is 13.6 Å². The van der Waals surface area contributed by atoms with Gasteiger partial charge in [0, 0.05) is 63.4 Å². The summed E-state index contributed by atoms with van der Waals surface area (Å²) in [4.78, 5) is 26.9. The Morgan fingerprint density at radius 2 is 2.02 bits per heavy atom. The third kappa shape index (κ3) is 5.72. The fourth-order valence-electron chi connectivity index (χ4n) is 6.10. The predicted molar refractivity (Wildman–Crippen MR) is 158 cm³/mol. The van der Waals surface area contributed by atoms with E-state index in [0.29, 0.717) is 30.4 Å². The van der Waals surface area contributed by atoms with Gasteiger partial charge in [0.15, 0.2) is 17.0 Å². The van der Waals surface area contributed by atoms with Crippen LogP contribution in [0.25, 0.3) is 10.9 Å². The van der Waals surface area contributed by atoms with E-state index in [4.69, 9.17) is 19.9 Å². The first-order chi connectivity index (χ1) is 20.9. The number of hydrogen-bond acceptors (Lipinski definition) is 9. The molecule has 10 nitrogen and oxygen atoms in total. The van der Waals surface area contributed by atoms with Crippen molar-refractivity contribution >= 4 is 22.4 Å². The summed E-state index contributed by atoms with van der Waals surface area (Å²) in [7, 11) is 3.14. The normalized spacial score (nSPS) is 18.2. The molecule has 0 aliphatic carbocycles. The minimum Gasteiger partial charge on any atom is -0.486 e. The van der Waals surface area contributed by atoms with Gasteiger partial charge in [0.2, 0.25) is 11.7 Å². The van der Waals surface area contributed by atoms with E-state index in [2.05, 4.69) is 19.8 Å². The minimum absolute atomic E-state index is 0.0699. The van der Waals surface area contributed by atoms with Gasteiger partial charge in [-0.15, -0.1) is 0 Å². The number of rotatable bonds is 9. The highest BCUT2D eigenvalue weighted by Gasteiger charge is 2.31. The summed E-state index contributed by atoms with van der Waals surface area (Å²) in [5, 5.41) is 0.0796. The molecule has 2 aliphatic heterocycles. The van der Waals surface area contributed by atoms with Crippen LogP contribution in [0.3, 0.4) is 0 Å². The van der Waals surface area contributed by atoms with E-state index in [1.807, 2.05) is 18.2 Å². The topological polar surface area (TPSA) is 108 Å². The number of halogens is 2. The molecule has 3 aromatic heterocycles. The molecule has 2 aliphatic rings. The highest BCUT2D eigenvalue weighted by atomic mass is 19.2. The van der Waals surface area contributed by atoms with Crippen molar-refractivity contribution in [2.24, 2.45) is 0 Å². The van der Waals surface area contributed by atoms with E-state index < -0.39 is 11.6 Å². The summed E-state index contributed by atoms with van der Waals surface area (Å²) in [6, 6.07) is 8.29. The lowest BCUT2D eigenvalue weighted by Gasteiger charge is -2.40. The van der Waals surface area contributed by atoms with Crippen molar-refractivity contribution in [3.63, 3.8) is 0 Å². The number of pyridine rings is 3. The number of ether oxygens (including phenoxy) is 3. The maximum atomic E-state index is 14.8. The first-order valence-corrected chi connectivity index (χ1v) is 14.2. The molecule has 6 rings (SSSR count). The number of methoxy groups -OCH3 is 2. The Morgan fingerprint density at radius 1 is 1.16 bits per heavy atom. The Hall–Kier alpha value is -4.29. The van der Waals surface area contributed by atoms with Gasteiger partial charge in [-0.3, -0.25) is 9.69 Å². The van der Waals surface area contributed by atoms with Gasteiger partial charge in [-0.1, -0.05) is 0 Å². The second kappa shape index (κ2) is 12.1. The highest BCUT2D eigenvalue weighted by Crippen LogP contribution is 2.36. The predicted octanol–water partition coefficient (Wildman–Crippen LogP) is 3.91. The Labute approximate surface area is 247 Å². The van der Waals surface area contributed by atoms with E-state index >= 15 is 0 Å². The minimum atomic E-state index is -1.12. The van der Waals surface area contributed by atoms with Gasteiger partial charge in [-0.05, 0) is 42.7 Å². The maximum Gasteiger partial charge on any atom is 0.213 e. The first kappa shape index (κ1) is 28.8. The van der Waals surface area contributed by atoms with Gasteiger partial charge in [-0.25, -0.2) is 14.4 Å². The summed E-state index contributed by atoms with van der Waals surface area (Å²) in [6.45, 7) is 2.75. The molecule has 43 heavy (non-hydrogen) atoms. The van der Waals surface area contributed by atoms with Crippen LogP contribution >= 0.6 is 0 Å². The van der Waals surface area contributed by atoms with Crippen LogP contribution in [0.1, 0.15) is 30.0 Å². The van der Waals surface area contributed by atoms with Crippen molar-refractivity contribution in [2.45, 2.75) is 38.0 Å². The average Bonchev–Trinajstić information content (AvgIpc) is 3.02. The van der Waals surface area contributed by atoms with E-state index in [0.717, 1.165) is 36.7 Å².